The molecule has 1 atom stereocenters. The summed E-state index contributed by atoms with van der Waals surface area (Å²) in [4.78, 5) is 15.9. The van der Waals surface area contributed by atoms with Gasteiger partial charge in [0.05, 0.1) is 6.04 Å². The van der Waals surface area contributed by atoms with Crippen LogP contribution in [0.5, 0.6) is 0 Å². The summed E-state index contributed by atoms with van der Waals surface area (Å²) in [7, 11) is -3.19. The molecule has 1 aromatic carbocycles. The molecular weight excluding hydrogens is 368 g/mol. The van der Waals surface area contributed by atoms with Crippen LogP contribution in [0.15, 0.2) is 40.6 Å². The van der Waals surface area contributed by atoms with Crippen LogP contribution in [0.3, 0.4) is 0 Å². The maximum Gasteiger partial charge on any atom is 0.237 e. The second-order valence-electron chi connectivity index (χ2n) is 7.17. The van der Waals surface area contributed by atoms with Gasteiger partial charge < -0.3 is 5.32 Å². The number of benzene rings is 1. The minimum absolute atomic E-state index is 0.0851. The van der Waals surface area contributed by atoms with Gasteiger partial charge in [-0.05, 0) is 42.5 Å². The van der Waals surface area contributed by atoms with E-state index in [2.05, 4.69) is 22.3 Å². The van der Waals surface area contributed by atoms with Gasteiger partial charge in [-0.3, -0.25) is 9.69 Å². The van der Waals surface area contributed by atoms with E-state index in [1.807, 2.05) is 18.2 Å². The highest BCUT2D eigenvalue weighted by molar-refractivity contribution is 7.92. The monoisotopic (exact) mass is 390 g/mol. The first-order chi connectivity index (χ1) is 12.4. The molecule has 1 aromatic heterocycles. The van der Waals surface area contributed by atoms with Crippen molar-refractivity contribution in [2.75, 3.05) is 6.26 Å². The fourth-order valence-electron chi connectivity index (χ4n) is 3.37. The molecule has 2 aliphatic rings. The second-order valence-corrected chi connectivity index (χ2v) is 10.6. The molecule has 7 heteroatoms. The number of hydrogen-bond donors (Lipinski definition) is 1. The van der Waals surface area contributed by atoms with Crippen molar-refractivity contribution in [1.29, 1.82) is 0 Å². The molecule has 5 nitrogen and oxygen atoms in total. The number of hydrogen-bond acceptors (Lipinski definition) is 5. The Morgan fingerprint density at radius 2 is 1.92 bits per heavy atom. The number of carbonyl (C=O) groups excluding carboxylic acids is 1. The van der Waals surface area contributed by atoms with Gasteiger partial charge in [-0.1, -0.05) is 24.3 Å². The van der Waals surface area contributed by atoms with Gasteiger partial charge in [0, 0.05) is 30.3 Å². The van der Waals surface area contributed by atoms with Gasteiger partial charge in [0.1, 0.15) is 4.21 Å². The van der Waals surface area contributed by atoms with Gasteiger partial charge in [0.25, 0.3) is 0 Å². The third-order valence-corrected chi connectivity index (χ3v) is 7.82. The average Bonchev–Trinajstić information content (AvgIpc) is 3.27. The molecule has 2 heterocycles. The van der Waals surface area contributed by atoms with E-state index in [1.165, 1.54) is 28.7 Å². The van der Waals surface area contributed by atoms with Gasteiger partial charge in [0.15, 0.2) is 9.84 Å². The lowest BCUT2D eigenvalue weighted by atomic mass is 9.93. The highest BCUT2D eigenvalue weighted by Gasteiger charge is 2.34. The molecule has 1 aliphatic carbocycles. The molecule has 4 rings (SSSR count). The molecule has 1 amide bonds. The summed E-state index contributed by atoms with van der Waals surface area (Å²) in [6.07, 6.45) is 4.06. The standard InChI is InChI=1S/C19H22N2O3S2/c1-26(23,24)18-9-8-16(25-18)12-21-11-14-5-3-2-4-13(14)10-17(21)19(22)20-15-6-7-15/h2-5,8-9,15,17H,6-7,10-12H2,1H3,(H,20,22)/t17-/m1/s1. The third kappa shape index (κ3) is 3.84. The van der Waals surface area contributed by atoms with E-state index in [9.17, 15) is 13.2 Å². The molecule has 0 radical (unpaired) electrons. The number of amides is 1. The molecule has 0 bridgehead atoms. The van der Waals surface area contributed by atoms with Crippen molar-refractivity contribution in [1.82, 2.24) is 10.2 Å². The van der Waals surface area contributed by atoms with Gasteiger partial charge in [-0.15, -0.1) is 11.3 Å². The number of nitrogens with zero attached hydrogens (tertiary/aromatic N) is 1. The first-order valence-corrected chi connectivity index (χ1v) is 11.5. The van der Waals surface area contributed by atoms with E-state index in [0.29, 0.717) is 29.8 Å². The van der Waals surface area contributed by atoms with Crippen LogP contribution < -0.4 is 5.32 Å². The van der Waals surface area contributed by atoms with Crippen molar-refractivity contribution in [3.05, 3.63) is 52.4 Å². The van der Waals surface area contributed by atoms with Gasteiger partial charge in [0.2, 0.25) is 5.91 Å². The number of fused-ring (bicyclic) bond motifs is 1. The van der Waals surface area contributed by atoms with Crippen LogP contribution in [0, 0.1) is 0 Å². The van der Waals surface area contributed by atoms with E-state index in [0.717, 1.165) is 17.7 Å². The van der Waals surface area contributed by atoms with Crippen LogP contribution in [0.1, 0.15) is 28.8 Å². The molecule has 2 aromatic rings. The van der Waals surface area contributed by atoms with Gasteiger partial charge >= 0.3 is 0 Å². The van der Waals surface area contributed by atoms with E-state index in [-0.39, 0.29) is 11.9 Å². The summed E-state index contributed by atoms with van der Waals surface area (Å²) in [6, 6.07) is 11.9. The van der Waals surface area contributed by atoms with Crippen molar-refractivity contribution in [2.24, 2.45) is 0 Å². The molecule has 138 valence electrons. The molecular formula is C19H22N2O3S2. The lowest BCUT2D eigenvalue weighted by Gasteiger charge is -2.35. The van der Waals surface area contributed by atoms with Crippen molar-refractivity contribution >= 4 is 27.1 Å². The minimum Gasteiger partial charge on any atom is -0.352 e. The van der Waals surface area contributed by atoms with Crippen LogP contribution >= 0.6 is 11.3 Å². The highest BCUT2D eigenvalue weighted by Crippen LogP contribution is 2.29. The summed E-state index contributed by atoms with van der Waals surface area (Å²) < 4.78 is 23.8. The van der Waals surface area contributed by atoms with Gasteiger partial charge in [-0.2, -0.15) is 0 Å². The largest absolute Gasteiger partial charge is 0.352 e. The van der Waals surface area contributed by atoms with Crippen molar-refractivity contribution in [2.45, 2.75) is 48.6 Å². The maximum atomic E-state index is 12.8. The number of sulfone groups is 1. The molecule has 1 N–H and O–H groups in total. The second kappa shape index (κ2) is 6.79. The zero-order valence-electron chi connectivity index (χ0n) is 14.6. The Morgan fingerprint density at radius 3 is 2.58 bits per heavy atom. The summed E-state index contributed by atoms with van der Waals surface area (Å²) >= 11 is 1.29. The molecule has 1 saturated carbocycles. The summed E-state index contributed by atoms with van der Waals surface area (Å²) in [5, 5.41) is 3.13. The Bertz CT molecular complexity index is 932. The van der Waals surface area contributed by atoms with E-state index in [1.54, 1.807) is 6.07 Å². The Labute approximate surface area is 157 Å². The topological polar surface area (TPSA) is 66.5 Å². The first kappa shape index (κ1) is 17.7. The minimum atomic E-state index is -3.19. The quantitative estimate of drug-likeness (QED) is 0.851. The van der Waals surface area contributed by atoms with E-state index < -0.39 is 9.84 Å². The summed E-state index contributed by atoms with van der Waals surface area (Å²) in [6.45, 7) is 1.28. The fourth-order valence-corrected chi connectivity index (χ4v) is 5.37. The van der Waals surface area contributed by atoms with Crippen LogP contribution in [0.2, 0.25) is 0 Å². The highest BCUT2D eigenvalue weighted by atomic mass is 32.2. The fraction of sp³-hybridized carbons (Fsp3) is 0.421. The molecule has 0 saturated heterocycles. The van der Waals surface area contributed by atoms with E-state index in [4.69, 9.17) is 0 Å². The lowest BCUT2D eigenvalue weighted by molar-refractivity contribution is -0.127. The normalized spacial score (nSPS) is 20.6. The first-order valence-electron chi connectivity index (χ1n) is 8.80. The molecule has 1 aliphatic heterocycles. The van der Waals surface area contributed by atoms with Crippen LogP contribution in [-0.4, -0.2) is 37.6 Å². The van der Waals surface area contributed by atoms with Crippen molar-refractivity contribution in [3.63, 3.8) is 0 Å². The average molecular weight is 391 g/mol. The number of carbonyl (C=O) groups is 1. The molecule has 26 heavy (non-hydrogen) atoms. The van der Waals surface area contributed by atoms with Crippen LogP contribution in [0.4, 0.5) is 0 Å². The third-order valence-electron chi connectivity index (χ3n) is 4.93. The Balaban J connectivity index is 1.58. The Hall–Kier alpha value is -1.70. The smallest absolute Gasteiger partial charge is 0.237 e. The number of rotatable bonds is 5. The van der Waals surface area contributed by atoms with Crippen molar-refractivity contribution in [3.8, 4) is 0 Å². The zero-order valence-corrected chi connectivity index (χ0v) is 16.3. The summed E-state index contributed by atoms with van der Waals surface area (Å²) in [5.74, 6) is 0.0851. The van der Waals surface area contributed by atoms with Gasteiger partial charge in [-0.25, -0.2) is 8.42 Å². The van der Waals surface area contributed by atoms with Crippen LogP contribution in [0.25, 0.3) is 0 Å². The number of nitrogens with one attached hydrogen (secondary N) is 1. The molecule has 0 unspecified atom stereocenters. The number of thiophene rings is 1. The predicted octanol–water partition coefficient (Wildman–Crippen LogP) is 2.36. The van der Waals surface area contributed by atoms with Crippen LogP contribution in [-0.2, 0) is 34.1 Å². The Morgan fingerprint density at radius 1 is 1.19 bits per heavy atom. The molecule has 0 spiro atoms. The molecule has 1 fully saturated rings. The predicted molar refractivity (Wildman–Crippen MR) is 102 cm³/mol. The van der Waals surface area contributed by atoms with E-state index >= 15 is 0 Å². The maximum absolute atomic E-state index is 12.8. The van der Waals surface area contributed by atoms with Crippen molar-refractivity contribution < 1.29 is 13.2 Å². The SMILES string of the molecule is CS(=O)(=O)c1ccc(CN2Cc3ccccc3C[C@@H]2C(=O)NC2CC2)s1. The lowest BCUT2D eigenvalue weighted by Crippen LogP contribution is -2.50. The summed E-state index contributed by atoms with van der Waals surface area (Å²) in [5.41, 5.74) is 2.46. The zero-order chi connectivity index (χ0) is 18.3. The Kier molecular flexibility index (Phi) is 4.62.